The lowest BCUT2D eigenvalue weighted by Gasteiger charge is -2.12. The van der Waals surface area contributed by atoms with E-state index < -0.39 is 0 Å². The molecule has 0 atom stereocenters. The minimum Gasteiger partial charge on any atom is -0.465 e. The van der Waals surface area contributed by atoms with E-state index >= 15 is 0 Å². The van der Waals surface area contributed by atoms with E-state index in [1.54, 1.807) is 11.6 Å². The van der Waals surface area contributed by atoms with Crippen molar-refractivity contribution in [1.29, 1.82) is 0 Å². The summed E-state index contributed by atoms with van der Waals surface area (Å²) in [5.74, 6) is -0.386. The van der Waals surface area contributed by atoms with Crippen molar-refractivity contribution in [3.63, 3.8) is 0 Å². The number of hydrogen-bond donors (Lipinski definition) is 1. The number of nitrogens with zero attached hydrogens (tertiary/aromatic N) is 1. The number of benzene rings is 1. The largest absolute Gasteiger partial charge is 0.465 e. The molecular formula is C12H10Br2N2O2S. The molecule has 19 heavy (non-hydrogen) atoms. The zero-order valence-corrected chi connectivity index (χ0v) is 13.9. The van der Waals surface area contributed by atoms with Gasteiger partial charge in [0.2, 0.25) is 0 Å². The Labute approximate surface area is 131 Å². The molecule has 4 nitrogen and oxygen atoms in total. The molecule has 0 spiro atoms. The molecule has 2 rings (SSSR count). The van der Waals surface area contributed by atoms with Gasteiger partial charge < -0.3 is 10.1 Å². The van der Waals surface area contributed by atoms with Gasteiger partial charge in [0.05, 0.1) is 36.1 Å². The number of halogens is 2. The van der Waals surface area contributed by atoms with Crippen LogP contribution in [-0.2, 0) is 11.3 Å². The Kier molecular flexibility index (Phi) is 4.95. The molecule has 1 heterocycles. The second-order valence-electron chi connectivity index (χ2n) is 3.64. The summed E-state index contributed by atoms with van der Waals surface area (Å²) in [6, 6.07) is 3.59. The van der Waals surface area contributed by atoms with E-state index in [4.69, 9.17) is 4.74 Å². The molecule has 100 valence electrons. The number of methoxy groups -OCH3 is 1. The SMILES string of the molecule is COC(=O)c1cc(Br)cc(Br)c1NCc1cscn1. The van der Waals surface area contributed by atoms with Crippen LogP contribution in [0.2, 0.25) is 0 Å². The van der Waals surface area contributed by atoms with Gasteiger partial charge in [-0.2, -0.15) is 0 Å². The smallest absolute Gasteiger partial charge is 0.340 e. The van der Waals surface area contributed by atoms with E-state index in [0.717, 1.165) is 14.6 Å². The van der Waals surface area contributed by atoms with Crippen molar-refractivity contribution in [1.82, 2.24) is 4.98 Å². The maximum Gasteiger partial charge on any atom is 0.340 e. The van der Waals surface area contributed by atoms with Crippen LogP contribution in [-0.4, -0.2) is 18.1 Å². The van der Waals surface area contributed by atoms with E-state index in [-0.39, 0.29) is 5.97 Å². The topological polar surface area (TPSA) is 51.2 Å². The zero-order chi connectivity index (χ0) is 13.8. The second kappa shape index (κ2) is 6.49. The summed E-state index contributed by atoms with van der Waals surface area (Å²) in [7, 11) is 1.36. The Balaban J connectivity index is 2.29. The van der Waals surface area contributed by atoms with Gasteiger partial charge >= 0.3 is 5.97 Å². The lowest BCUT2D eigenvalue weighted by molar-refractivity contribution is 0.0601. The van der Waals surface area contributed by atoms with Crippen LogP contribution in [0.3, 0.4) is 0 Å². The monoisotopic (exact) mass is 404 g/mol. The van der Waals surface area contributed by atoms with E-state index in [0.29, 0.717) is 17.8 Å². The Morgan fingerprint density at radius 3 is 2.89 bits per heavy atom. The third kappa shape index (κ3) is 3.55. The van der Waals surface area contributed by atoms with Gasteiger partial charge in [-0.15, -0.1) is 11.3 Å². The highest BCUT2D eigenvalue weighted by Gasteiger charge is 2.16. The predicted octanol–water partition coefficient (Wildman–Crippen LogP) is 4.07. The molecule has 2 aromatic rings. The van der Waals surface area contributed by atoms with Gasteiger partial charge in [0, 0.05) is 14.3 Å². The fourth-order valence-electron chi connectivity index (χ4n) is 1.53. The fraction of sp³-hybridized carbons (Fsp3) is 0.167. The van der Waals surface area contributed by atoms with Gasteiger partial charge in [0.15, 0.2) is 0 Å². The number of esters is 1. The summed E-state index contributed by atoms with van der Waals surface area (Å²) in [5, 5.41) is 5.16. The molecule has 1 aromatic carbocycles. The number of ether oxygens (including phenoxy) is 1. The number of rotatable bonds is 4. The number of aromatic nitrogens is 1. The highest BCUT2D eigenvalue weighted by atomic mass is 79.9. The van der Waals surface area contributed by atoms with E-state index in [1.165, 1.54) is 18.4 Å². The number of carbonyl (C=O) groups excluding carboxylic acids is 1. The number of hydrogen-bond acceptors (Lipinski definition) is 5. The van der Waals surface area contributed by atoms with Crippen molar-refractivity contribution in [3.8, 4) is 0 Å². The van der Waals surface area contributed by atoms with Crippen molar-refractivity contribution in [3.05, 3.63) is 43.2 Å². The van der Waals surface area contributed by atoms with Crippen LogP contribution in [0.25, 0.3) is 0 Å². The van der Waals surface area contributed by atoms with Crippen LogP contribution in [0.5, 0.6) is 0 Å². The molecule has 0 aliphatic heterocycles. The number of nitrogens with one attached hydrogen (secondary N) is 1. The molecule has 0 aliphatic carbocycles. The van der Waals surface area contributed by atoms with Gasteiger partial charge in [-0.1, -0.05) is 15.9 Å². The third-order valence-electron chi connectivity index (χ3n) is 2.39. The number of carbonyl (C=O) groups is 1. The van der Waals surface area contributed by atoms with E-state index in [9.17, 15) is 4.79 Å². The fourth-order valence-corrected chi connectivity index (χ4v) is 3.45. The van der Waals surface area contributed by atoms with Gasteiger partial charge in [-0.3, -0.25) is 0 Å². The predicted molar refractivity (Wildman–Crippen MR) is 82.6 cm³/mol. The lowest BCUT2D eigenvalue weighted by Crippen LogP contribution is -2.09. The summed E-state index contributed by atoms with van der Waals surface area (Å²) in [4.78, 5) is 16.0. The summed E-state index contributed by atoms with van der Waals surface area (Å²) in [6.45, 7) is 0.549. The molecule has 1 N–H and O–H groups in total. The molecule has 0 unspecified atom stereocenters. The first kappa shape index (κ1) is 14.5. The second-order valence-corrected chi connectivity index (χ2v) is 6.12. The summed E-state index contributed by atoms with van der Waals surface area (Å²) in [5.41, 5.74) is 3.87. The average Bonchev–Trinajstić information content (AvgIpc) is 2.89. The Morgan fingerprint density at radius 1 is 1.47 bits per heavy atom. The highest BCUT2D eigenvalue weighted by molar-refractivity contribution is 9.11. The molecule has 0 saturated heterocycles. The standard InChI is InChI=1S/C12H10Br2N2O2S/c1-18-12(17)9-2-7(13)3-10(14)11(9)15-4-8-5-19-6-16-8/h2-3,5-6,15H,4H2,1H3. The molecule has 0 amide bonds. The molecule has 7 heteroatoms. The molecule has 0 radical (unpaired) electrons. The Bertz CT molecular complexity index is 588. The van der Waals surface area contributed by atoms with Gasteiger partial charge in [0.25, 0.3) is 0 Å². The molecule has 1 aromatic heterocycles. The molecule has 0 saturated carbocycles. The normalized spacial score (nSPS) is 10.3. The molecular weight excluding hydrogens is 396 g/mol. The Hall–Kier alpha value is -0.920. The van der Waals surface area contributed by atoms with Crippen molar-refractivity contribution in [2.45, 2.75) is 6.54 Å². The average molecular weight is 406 g/mol. The van der Waals surface area contributed by atoms with Crippen molar-refractivity contribution >= 4 is 54.9 Å². The van der Waals surface area contributed by atoms with Crippen molar-refractivity contribution < 1.29 is 9.53 Å². The van der Waals surface area contributed by atoms with Crippen molar-refractivity contribution in [2.75, 3.05) is 12.4 Å². The molecule has 0 aliphatic rings. The van der Waals surface area contributed by atoms with Crippen LogP contribution in [0.1, 0.15) is 16.1 Å². The molecule has 0 bridgehead atoms. The van der Waals surface area contributed by atoms with E-state index in [1.807, 2.05) is 11.4 Å². The van der Waals surface area contributed by atoms with Crippen LogP contribution in [0, 0.1) is 0 Å². The van der Waals surface area contributed by atoms with Crippen LogP contribution in [0.4, 0.5) is 5.69 Å². The quantitative estimate of drug-likeness (QED) is 0.779. The first-order valence-corrected chi connectivity index (χ1v) is 7.83. The zero-order valence-electron chi connectivity index (χ0n) is 9.94. The van der Waals surface area contributed by atoms with Gasteiger partial charge in [-0.05, 0) is 28.1 Å². The minimum atomic E-state index is -0.386. The maximum absolute atomic E-state index is 11.8. The minimum absolute atomic E-state index is 0.386. The first-order valence-electron chi connectivity index (χ1n) is 5.30. The van der Waals surface area contributed by atoms with Crippen LogP contribution in [0.15, 0.2) is 32.0 Å². The van der Waals surface area contributed by atoms with E-state index in [2.05, 4.69) is 42.2 Å². The van der Waals surface area contributed by atoms with Crippen LogP contribution >= 0.6 is 43.2 Å². The summed E-state index contributed by atoms with van der Waals surface area (Å²) in [6.07, 6.45) is 0. The number of anilines is 1. The third-order valence-corrected chi connectivity index (χ3v) is 4.11. The first-order chi connectivity index (χ1) is 9.11. The van der Waals surface area contributed by atoms with Crippen LogP contribution < -0.4 is 5.32 Å². The summed E-state index contributed by atoms with van der Waals surface area (Å²) >= 11 is 8.33. The Morgan fingerprint density at radius 2 is 2.26 bits per heavy atom. The maximum atomic E-state index is 11.8. The number of thiazole rings is 1. The highest BCUT2D eigenvalue weighted by Crippen LogP contribution is 2.31. The van der Waals surface area contributed by atoms with Crippen molar-refractivity contribution in [2.24, 2.45) is 0 Å². The van der Waals surface area contributed by atoms with Gasteiger partial charge in [0.1, 0.15) is 0 Å². The molecule has 0 fully saturated rings. The lowest BCUT2D eigenvalue weighted by atomic mass is 10.2. The van der Waals surface area contributed by atoms with Gasteiger partial charge in [-0.25, -0.2) is 9.78 Å². The summed E-state index contributed by atoms with van der Waals surface area (Å²) < 4.78 is 6.38.